The topological polar surface area (TPSA) is 136 Å². The molecule has 0 aromatic heterocycles. The number of hydrogen-bond donors (Lipinski definition) is 1. The summed E-state index contributed by atoms with van der Waals surface area (Å²) < 4.78 is 4.60. The van der Waals surface area contributed by atoms with Gasteiger partial charge in [-0.1, -0.05) is 12.1 Å². The number of urea groups is 1. The van der Waals surface area contributed by atoms with Crippen LogP contribution >= 0.6 is 0 Å². The molecule has 29 heavy (non-hydrogen) atoms. The van der Waals surface area contributed by atoms with Crippen LogP contribution in [0.25, 0.3) is 6.08 Å². The molecule has 1 N–H and O–H groups in total. The Labute approximate surface area is 163 Å². The average Bonchev–Trinajstić information content (AvgIpc) is 2.71. The molecule has 10 heteroatoms. The minimum atomic E-state index is -0.966. The number of non-ortho nitro benzene ring substituents is 1. The van der Waals surface area contributed by atoms with Gasteiger partial charge < -0.3 is 4.74 Å². The number of barbiturate groups is 1. The summed E-state index contributed by atoms with van der Waals surface area (Å²) in [7, 11) is 1.24. The molecule has 3 rings (SSSR count). The fourth-order valence-corrected chi connectivity index (χ4v) is 2.62. The number of nitro groups is 1. The molecule has 2 aromatic carbocycles. The molecule has 0 bridgehead atoms. The summed E-state index contributed by atoms with van der Waals surface area (Å²) in [4.78, 5) is 59.4. The van der Waals surface area contributed by atoms with Gasteiger partial charge in [-0.15, -0.1) is 0 Å². The summed E-state index contributed by atoms with van der Waals surface area (Å²) in [6.45, 7) is 0. The molecule has 0 spiro atoms. The number of nitrogens with one attached hydrogen (secondary N) is 1. The molecular weight excluding hydrogens is 382 g/mol. The first-order valence-electron chi connectivity index (χ1n) is 8.16. The van der Waals surface area contributed by atoms with E-state index in [1.807, 2.05) is 0 Å². The van der Waals surface area contributed by atoms with Gasteiger partial charge in [-0.2, -0.15) is 0 Å². The predicted octanol–water partition coefficient (Wildman–Crippen LogP) is 2.05. The van der Waals surface area contributed by atoms with E-state index in [4.69, 9.17) is 0 Å². The minimum Gasteiger partial charge on any atom is -0.465 e. The maximum absolute atomic E-state index is 12.8. The van der Waals surface area contributed by atoms with Crippen LogP contribution in [0.4, 0.5) is 16.2 Å². The van der Waals surface area contributed by atoms with Crippen LogP contribution in [0.5, 0.6) is 0 Å². The lowest BCUT2D eigenvalue weighted by Crippen LogP contribution is -2.54. The first kappa shape index (κ1) is 19.4. The van der Waals surface area contributed by atoms with Crippen molar-refractivity contribution in [3.05, 3.63) is 75.3 Å². The summed E-state index contributed by atoms with van der Waals surface area (Å²) in [6, 6.07) is 9.71. The Hall–Kier alpha value is -4.34. The number of benzene rings is 2. The smallest absolute Gasteiger partial charge is 0.337 e. The van der Waals surface area contributed by atoms with E-state index < -0.39 is 28.7 Å². The molecule has 1 aliphatic heterocycles. The molecule has 146 valence electrons. The number of methoxy groups -OCH3 is 1. The fraction of sp³-hybridized carbons (Fsp3) is 0.0526. The molecule has 2 aromatic rings. The van der Waals surface area contributed by atoms with Crippen LogP contribution in [0.1, 0.15) is 15.9 Å². The highest BCUT2D eigenvalue weighted by molar-refractivity contribution is 6.39. The number of carbonyl (C=O) groups is 4. The molecule has 0 unspecified atom stereocenters. The molecule has 0 radical (unpaired) electrons. The van der Waals surface area contributed by atoms with Crippen molar-refractivity contribution in [1.82, 2.24) is 5.32 Å². The number of rotatable bonds is 4. The summed E-state index contributed by atoms with van der Waals surface area (Å²) in [6.07, 6.45) is 1.27. The van der Waals surface area contributed by atoms with E-state index in [1.54, 1.807) is 0 Å². The van der Waals surface area contributed by atoms with Crippen molar-refractivity contribution in [2.24, 2.45) is 0 Å². The van der Waals surface area contributed by atoms with E-state index in [1.165, 1.54) is 49.6 Å². The molecular formula is C19H13N3O7. The molecule has 1 saturated heterocycles. The standard InChI is InChI=1S/C19H13N3O7/c1-29-18(25)12-4-2-11(3-5-12)10-15-16(23)20-19(26)21(17(15)24)13-6-8-14(9-7-13)22(27)28/h2-10H,1H3,(H,20,23,26)/b15-10-. The lowest BCUT2D eigenvalue weighted by molar-refractivity contribution is -0.384. The second kappa shape index (κ2) is 7.72. The van der Waals surface area contributed by atoms with Crippen LogP contribution in [0, 0.1) is 10.1 Å². The third-order valence-electron chi connectivity index (χ3n) is 4.06. The number of carbonyl (C=O) groups excluding carboxylic acids is 4. The second-order valence-corrected chi connectivity index (χ2v) is 5.84. The Morgan fingerprint density at radius 3 is 2.24 bits per heavy atom. The van der Waals surface area contributed by atoms with Crippen LogP contribution in [-0.4, -0.2) is 35.8 Å². The van der Waals surface area contributed by atoms with Gasteiger partial charge >= 0.3 is 12.0 Å². The zero-order chi connectivity index (χ0) is 21.1. The Balaban J connectivity index is 1.93. The van der Waals surface area contributed by atoms with Crippen LogP contribution in [0.3, 0.4) is 0 Å². The van der Waals surface area contributed by atoms with Gasteiger partial charge in [0.25, 0.3) is 17.5 Å². The normalized spacial score (nSPS) is 15.3. The molecule has 1 heterocycles. The van der Waals surface area contributed by atoms with E-state index in [-0.39, 0.29) is 22.5 Å². The van der Waals surface area contributed by atoms with Gasteiger partial charge in [0.1, 0.15) is 5.57 Å². The van der Waals surface area contributed by atoms with Gasteiger partial charge in [0.15, 0.2) is 0 Å². The average molecular weight is 395 g/mol. The SMILES string of the molecule is COC(=O)c1ccc(/C=C2/C(=O)NC(=O)N(c3ccc([N+](=O)[O-])cc3)C2=O)cc1. The van der Waals surface area contributed by atoms with Crippen molar-refractivity contribution in [1.29, 1.82) is 0 Å². The number of imide groups is 2. The number of hydrogen-bond acceptors (Lipinski definition) is 7. The number of nitro benzene ring substituents is 1. The Morgan fingerprint density at radius 1 is 1.07 bits per heavy atom. The van der Waals surface area contributed by atoms with E-state index >= 15 is 0 Å². The fourth-order valence-electron chi connectivity index (χ4n) is 2.62. The Bertz CT molecular complexity index is 1060. The summed E-state index contributed by atoms with van der Waals surface area (Å²) >= 11 is 0. The van der Waals surface area contributed by atoms with Crippen molar-refractivity contribution in [2.45, 2.75) is 0 Å². The van der Waals surface area contributed by atoms with Gasteiger partial charge in [0.05, 0.1) is 23.3 Å². The van der Waals surface area contributed by atoms with Crippen LogP contribution in [0.15, 0.2) is 54.1 Å². The number of amides is 4. The van der Waals surface area contributed by atoms with Crippen molar-refractivity contribution < 1.29 is 28.8 Å². The molecule has 0 aliphatic carbocycles. The largest absolute Gasteiger partial charge is 0.465 e. The molecule has 0 atom stereocenters. The maximum atomic E-state index is 12.8. The highest BCUT2D eigenvalue weighted by Gasteiger charge is 2.36. The Kier molecular flexibility index (Phi) is 5.17. The molecule has 0 saturated carbocycles. The van der Waals surface area contributed by atoms with Crippen molar-refractivity contribution in [3.63, 3.8) is 0 Å². The first-order valence-corrected chi connectivity index (χ1v) is 8.16. The first-order chi connectivity index (χ1) is 13.8. The number of esters is 1. The third kappa shape index (κ3) is 3.86. The van der Waals surface area contributed by atoms with Crippen molar-refractivity contribution in [3.8, 4) is 0 Å². The van der Waals surface area contributed by atoms with E-state index in [9.17, 15) is 29.3 Å². The van der Waals surface area contributed by atoms with Gasteiger partial charge in [-0.05, 0) is 35.9 Å². The highest BCUT2D eigenvalue weighted by atomic mass is 16.6. The van der Waals surface area contributed by atoms with Gasteiger partial charge in [-0.3, -0.25) is 25.0 Å². The molecule has 10 nitrogen and oxygen atoms in total. The van der Waals surface area contributed by atoms with Crippen LogP contribution in [0.2, 0.25) is 0 Å². The summed E-state index contributed by atoms with van der Waals surface area (Å²) in [5.41, 5.74) is 0.272. The monoisotopic (exact) mass is 395 g/mol. The second-order valence-electron chi connectivity index (χ2n) is 5.84. The van der Waals surface area contributed by atoms with Gasteiger partial charge in [-0.25, -0.2) is 14.5 Å². The van der Waals surface area contributed by atoms with E-state index in [0.717, 1.165) is 12.1 Å². The molecule has 1 fully saturated rings. The molecule has 1 aliphatic rings. The summed E-state index contributed by atoms with van der Waals surface area (Å²) in [5.74, 6) is -2.30. The zero-order valence-electron chi connectivity index (χ0n) is 14.9. The highest BCUT2D eigenvalue weighted by Crippen LogP contribution is 2.24. The quantitative estimate of drug-likeness (QED) is 0.275. The molecule has 4 amide bonds. The Morgan fingerprint density at radius 2 is 1.69 bits per heavy atom. The zero-order valence-corrected chi connectivity index (χ0v) is 14.9. The van der Waals surface area contributed by atoms with E-state index in [2.05, 4.69) is 10.1 Å². The lowest BCUT2D eigenvalue weighted by atomic mass is 10.1. The van der Waals surface area contributed by atoms with Gasteiger partial charge in [0.2, 0.25) is 0 Å². The van der Waals surface area contributed by atoms with Crippen molar-refractivity contribution in [2.75, 3.05) is 12.0 Å². The number of anilines is 1. The summed E-state index contributed by atoms with van der Waals surface area (Å²) in [5, 5.41) is 12.8. The van der Waals surface area contributed by atoms with Crippen molar-refractivity contribution >= 4 is 41.3 Å². The maximum Gasteiger partial charge on any atom is 0.337 e. The minimum absolute atomic E-state index is 0.0672. The van der Waals surface area contributed by atoms with E-state index in [0.29, 0.717) is 10.5 Å². The van der Waals surface area contributed by atoms with Crippen LogP contribution < -0.4 is 10.2 Å². The number of ether oxygens (including phenoxy) is 1. The van der Waals surface area contributed by atoms with Crippen LogP contribution in [-0.2, 0) is 14.3 Å². The predicted molar refractivity (Wildman–Crippen MR) is 99.9 cm³/mol. The lowest BCUT2D eigenvalue weighted by Gasteiger charge is -2.26. The third-order valence-corrected chi connectivity index (χ3v) is 4.06. The van der Waals surface area contributed by atoms with Gasteiger partial charge in [0, 0.05) is 12.1 Å². The number of nitrogens with zero attached hydrogens (tertiary/aromatic N) is 2.